The molecule has 1 amide bonds. The zero-order chi connectivity index (χ0) is 16.2. The summed E-state index contributed by atoms with van der Waals surface area (Å²) in [5, 5.41) is 10.8. The van der Waals surface area contributed by atoms with Gasteiger partial charge in [-0.25, -0.2) is 13.2 Å². The summed E-state index contributed by atoms with van der Waals surface area (Å²) in [6.45, 7) is 1.38. The molecule has 21 heavy (non-hydrogen) atoms. The highest BCUT2D eigenvalue weighted by molar-refractivity contribution is 5.92. The van der Waals surface area contributed by atoms with E-state index in [0.29, 0.717) is 6.07 Å². The Labute approximate surface area is 119 Å². The summed E-state index contributed by atoms with van der Waals surface area (Å²) < 4.78 is 39.1. The zero-order valence-corrected chi connectivity index (χ0v) is 11.5. The number of rotatable bonds is 6. The third-order valence-corrected chi connectivity index (χ3v) is 2.73. The lowest BCUT2D eigenvalue weighted by Crippen LogP contribution is -2.35. The largest absolute Gasteiger partial charge is 0.481 e. The number of carbonyl (C=O) groups excluding carboxylic acids is 1. The molecular weight excluding hydrogens is 289 g/mol. The van der Waals surface area contributed by atoms with E-state index in [-0.39, 0.29) is 13.1 Å². The highest BCUT2D eigenvalue weighted by Crippen LogP contribution is 2.19. The van der Waals surface area contributed by atoms with Crippen LogP contribution in [0.2, 0.25) is 0 Å². The minimum atomic E-state index is -1.67. The molecule has 116 valence electrons. The van der Waals surface area contributed by atoms with Crippen LogP contribution in [0.15, 0.2) is 12.1 Å². The molecule has 0 aromatic heterocycles. The highest BCUT2D eigenvalue weighted by atomic mass is 19.2. The molecular formula is C13H15F3N2O3. The average molecular weight is 304 g/mol. The number of aliphatic carboxylic acids is 1. The molecule has 0 spiro atoms. The van der Waals surface area contributed by atoms with Gasteiger partial charge in [-0.2, -0.15) is 0 Å². The first kappa shape index (κ1) is 17.0. The lowest BCUT2D eigenvalue weighted by Gasteiger charge is -2.18. The van der Waals surface area contributed by atoms with Crippen LogP contribution in [0.4, 0.5) is 18.9 Å². The summed E-state index contributed by atoms with van der Waals surface area (Å²) in [5.74, 6) is -6.85. The minimum Gasteiger partial charge on any atom is -0.481 e. The van der Waals surface area contributed by atoms with Gasteiger partial charge in [0.25, 0.3) is 0 Å². The number of likely N-dealkylation sites (N-methyl/N-ethyl adjacent to an activating group) is 1. The van der Waals surface area contributed by atoms with E-state index in [1.807, 2.05) is 0 Å². The molecule has 1 aromatic carbocycles. The average Bonchev–Trinajstić information content (AvgIpc) is 2.39. The van der Waals surface area contributed by atoms with Gasteiger partial charge in [0, 0.05) is 6.54 Å². The van der Waals surface area contributed by atoms with Crippen molar-refractivity contribution in [1.82, 2.24) is 4.90 Å². The maximum absolute atomic E-state index is 13.4. The van der Waals surface area contributed by atoms with Gasteiger partial charge in [0.1, 0.15) is 0 Å². The smallest absolute Gasteiger partial charge is 0.307 e. The van der Waals surface area contributed by atoms with Crippen molar-refractivity contribution in [3.8, 4) is 0 Å². The lowest BCUT2D eigenvalue weighted by molar-refractivity contribution is -0.141. The van der Waals surface area contributed by atoms with Gasteiger partial charge in [0.2, 0.25) is 5.91 Å². The maximum atomic E-state index is 13.4. The summed E-state index contributed by atoms with van der Waals surface area (Å²) in [6, 6.07) is 1.61. The fourth-order valence-corrected chi connectivity index (χ4v) is 1.67. The Bertz CT molecular complexity index is 552. The molecule has 0 saturated heterocycles. The van der Waals surface area contributed by atoms with Crippen LogP contribution in [0.25, 0.3) is 0 Å². The number of hydrogen-bond acceptors (Lipinski definition) is 3. The number of carboxylic acid groups (broad SMARTS) is 1. The van der Waals surface area contributed by atoms with Crippen molar-refractivity contribution in [2.24, 2.45) is 5.92 Å². The third kappa shape index (κ3) is 4.75. The molecule has 5 nitrogen and oxygen atoms in total. The predicted octanol–water partition coefficient (Wildman–Crippen LogP) is 1.69. The topological polar surface area (TPSA) is 69.6 Å². The second-order valence-corrected chi connectivity index (χ2v) is 4.71. The van der Waals surface area contributed by atoms with Crippen molar-refractivity contribution in [2.45, 2.75) is 6.92 Å². The van der Waals surface area contributed by atoms with Crippen molar-refractivity contribution in [2.75, 3.05) is 25.5 Å². The van der Waals surface area contributed by atoms with E-state index in [2.05, 4.69) is 5.32 Å². The van der Waals surface area contributed by atoms with Gasteiger partial charge in [-0.05, 0) is 19.2 Å². The minimum absolute atomic E-state index is 0.114. The van der Waals surface area contributed by atoms with Crippen molar-refractivity contribution in [3.63, 3.8) is 0 Å². The molecule has 0 aliphatic heterocycles. The Morgan fingerprint density at radius 2 is 1.90 bits per heavy atom. The number of anilines is 1. The summed E-state index contributed by atoms with van der Waals surface area (Å²) in [4.78, 5) is 23.7. The van der Waals surface area contributed by atoms with E-state index >= 15 is 0 Å². The van der Waals surface area contributed by atoms with Crippen LogP contribution in [0, 0.1) is 23.4 Å². The molecule has 1 rings (SSSR count). The molecule has 0 heterocycles. The summed E-state index contributed by atoms with van der Waals surface area (Å²) >= 11 is 0. The van der Waals surface area contributed by atoms with Crippen LogP contribution in [0.1, 0.15) is 6.92 Å². The van der Waals surface area contributed by atoms with Crippen LogP contribution in [0.5, 0.6) is 0 Å². The van der Waals surface area contributed by atoms with Crippen LogP contribution in [-0.4, -0.2) is 42.0 Å². The van der Waals surface area contributed by atoms with Gasteiger partial charge in [0.05, 0.1) is 18.2 Å². The molecule has 0 aliphatic carbocycles. The Kier molecular flexibility index (Phi) is 5.71. The Hall–Kier alpha value is -2.09. The maximum Gasteiger partial charge on any atom is 0.307 e. The third-order valence-electron chi connectivity index (χ3n) is 2.73. The Morgan fingerprint density at radius 3 is 2.48 bits per heavy atom. The molecule has 1 atom stereocenters. The van der Waals surface area contributed by atoms with Gasteiger partial charge >= 0.3 is 5.97 Å². The number of hydrogen-bond donors (Lipinski definition) is 2. The second kappa shape index (κ2) is 7.07. The quantitative estimate of drug-likeness (QED) is 0.785. The first-order valence-electron chi connectivity index (χ1n) is 6.07. The number of nitrogens with zero attached hydrogens (tertiary/aromatic N) is 1. The van der Waals surface area contributed by atoms with Gasteiger partial charge in [-0.3, -0.25) is 14.5 Å². The molecule has 0 fully saturated rings. The molecule has 0 bridgehead atoms. The van der Waals surface area contributed by atoms with E-state index in [0.717, 1.165) is 6.07 Å². The fraction of sp³-hybridized carbons (Fsp3) is 0.385. The number of carboxylic acids is 1. The monoisotopic (exact) mass is 304 g/mol. The Morgan fingerprint density at radius 1 is 1.29 bits per heavy atom. The predicted molar refractivity (Wildman–Crippen MR) is 69.2 cm³/mol. The number of carbonyl (C=O) groups is 2. The number of halogens is 3. The number of nitrogens with one attached hydrogen (secondary N) is 1. The molecule has 1 unspecified atom stereocenters. The van der Waals surface area contributed by atoms with Gasteiger partial charge in [-0.15, -0.1) is 0 Å². The van der Waals surface area contributed by atoms with Crippen molar-refractivity contribution < 1.29 is 27.9 Å². The highest BCUT2D eigenvalue weighted by Gasteiger charge is 2.18. The molecule has 0 saturated carbocycles. The molecule has 1 aromatic rings. The van der Waals surface area contributed by atoms with Crippen LogP contribution in [-0.2, 0) is 9.59 Å². The second-order valence-electron chi connectivity index (χ2n) is 4.71. The molecule has 0 aliphatic rings. The standard InChI is InChI=1S/C13H15F3N2O3/c1-7(13(20)21)5-18(2)6-10(19)17-9-4-3-8(14)11(15)12(9)16/h3-4,7H,5-6H2,1-2H3,(H,17,19)(H,20,21). The van der Waals surface area contributed by atoms with Crippen LogP contribution < -0.4 is 5.32 Å². The van der Waals surface area contributed by atoms with E-state index in [4.69, 9.17) is 5.11 Å². The fourth-order valence-electron chi connectivity index (χ4n) is 1.67. The van der Waals surface area contributed by atoms with Crippen molar-refractivity contribution in [3.05, 3.63) is 29.6 Å². The van der Waals surface area contributed by atoms with Gasteiger partial charge in [0.15, 0.2) is 17.5 Å². The normalized spacial score (nSPS) is 12.3. The number of benzene rings is 1. The molecule has 2 N–H and O–H groups in total. The van der Waals surface area contributed by atoms with Crippen LogP contribution in [0.3, 0.4) is 0 Å². The molecule has 0 radical (unpaired) electrons. The lowest BCUT2D eigenvalue weighted by atomic mass is 10.2. The van der Waals surface area contributed by atoms with E-state index in [1.54, 1.807) is 0 Å². The summed E-state index contributed by atoms with van der Waals surface area (Å²) in [5.41, 5.74) is -0.474. The first-order valence-corrected chi connectivity index (χ1v) is 6.07. The number of amides is 1. The van der Waals surface area contributed by atoms with Crippen molar-refractivity contribution >= 4 is 17.6 Å². The van der Waals surface area contributed by atoms with Gasteiger partial charge in [-0.1, -0.05) is 6.92 Å². The zero-order valence-electron chi connectivity index (χ0n) is 11.5. The summed E-state index contributed by atoms with van der Waals surface area (Å²) in [6.07, 6.45) is 0. The van der Waals surface area contributed by atoms with Crippen molar-refractivity contribution in [1.29, 1.82) is 0 Å². The van der Waals surface area contributed by atoms with Gasteiger partial charge < -0.3 is 10.4 Å². The molecule has 8 heteroatoms. The van der Waals surface area contributed by atoms with E-state index in [1.165, 1.54) is 18.9 Å². The van der Waals surface area contributed by atoms with E-state index < -0.39 is 40.9 Å². The first-order chi connectivity index (χ1) is 9.72. The van der Waals surface area contributed by atoms with Crippen LogP contribution >= 0.6 is 0 Å². The van der Waals surface area contributed by atoms with E-state index in [9.17, 15) is 22.8 Å². The Balaban J connectivity index is 2.62. The SMILES string of the molecule is CC(CN(C)CC(=O)Nc1ccc(F)c(F)c1F)C(=O)O. The summed E-state index contributed by atoms with van der Waals surface area (Å²) in [7, 11) is 1.51.